The highest BCUT2D eigenvalue weighted by atomic mass is 16.2. The fourth-order valence-electron chi connectivity index (χ4n) is 4.67. The zero-order valence-corrected chi connectivity index (χ0v) is 17.8. The molecule has 0 aliphatic carbocycles. The van der Waals surface area contributed by atoms with E-state index in [4.69, 9.17) is 0 Å². The first kappa shape index (κ1) is 20.6. The highest BCUT2D eigenvalue weighted by Crippen LogP contribution is 2.28. The van der Waals surface area contributed by atoms with Gasteiger partial charge >= 0.3 is 0 Å². The van der Waals surface area contributed by atoms with Crippen LogP contribution in [0.2, 0.25) is 0 Å². The van der Waals surface area contributed by atoms with E-state index in [1.54, 1.807) is 0 Å². The van der Waals surface area contributed by atoms with Crippen LogP contribution in [0.4, 0.5) is 5.69 Å². The van der Waals surface area contributed by atoms with Gasteiger partial charge in [0.15, 0.2) is 0 Å². The molecule has 1 saturated heterocycles. The summed E-state index contributed by atoms with van der Waals surface area (Å²) in [5.41, 5.74) is 2.91. The second-order valence-electron chi connectivity index (χ2n) is 8.46. The van der Waals surface area contributed by atoms with Crippen LogP contribution >= 0.6 is 0 Å². The SMILES string of the molecule is CN1CC(=O)N(CCCCN2CCC(c3ccccc3)CC2)C(=O)c2ccccc21. The third-order valence-corrected chi connectivity index (χ3v) is 6.43. The summed E-state index contributed by atoms with van der Waals surface area (Å²) in [6.07, 6.45) is 4.26. The summed E-state index contributed by atoms with van der Waals surface area (Å²) >= 11 is 0. The standard InChI is InChI=1S/C25H31N3O2/c1-26-19-24(29)28(25(30)22-11-5-6-12-23(22)26)16-8-7-15-27-17-13-21(14-18-27)20-9-3-2-4-10-20/h2-6,9-12,21H,7-8,13-19H2,1H3. The van der Waals surface area contributed by atoms with Crippen molar-refractivity contribution in [3.8, 4) is 0 Å². The largest absolute Gasteiger partial charge is 0.365 e. The van der Waals surface area contributed by atoms with Crippen LogP contribution in [-0.4, -0.2) is 61.4 Å². The molecule has 1 fully saturated rings. The number of para-hydroxylation sites is 1. The average molecular weight is 406 g/mol. The van der Waals surface area contributed by atoms with Gasteiger partial charge in [-0.05, 0) is 68.9 Å². The Hall–Kier alpha value is -2.66. The molecule has 2 aliphatic heterocycles. The minimum Gasteiger partial charge on any atom is -0.365 e. The first-order valence-electron chi connectivity index (χ1n) is 11.1. The number of likely N-dealkylation sites (N-methyl/N-ethyl adjacent to an activating group) is 1. The van der Waals surface area contributed by atoms with Crippen molar-refractivity contribution in [3.05, 3.63) is 65.7 Å². The van der Waals surface area contributed by atoms with E-state index < -0.39 is 0 Å². The molecule has 2 heterocycles. The minimum absolute atomic E-state index is 0.109. The number of nitrogens with zero attached hydrogens (tertiary/aromatic N) is 3. The Balaban J connectivity index is 1.25. The van der Waals surface area contributed by atoms with Gasteiger partial charge in [0.2, 0.25) is 5.91 Å². The summed E-state index contributed by atoms with van der Waals surface area (Å²) in [6, 6.07) is 18.3. The van der Waals surface area contributed by atoms with Crippen molar-refractivity contribution in [3.63, 3.8) is 0 Å². The molecule has 4 rings (SSSR count). The van der Waals surface area contributed by atoms with Crippen LogP contribution in [0.5, 0.6) is 0 Å². The van der Waals surface area contributed by atoms with Crippen LogP contribution in [0.3, 0.4) is 0 Å². The Morgan fingerprint density at radius 2 is 1.53 bits per heavy atom. The van der Waals surface area contributed by atoms with Gasteiger partial charge in [-0.15, -0.1) is 0 Å². The zero-order chi connectivity index (χ0) is 20.9. The fourth-order valence-corrected chi connectivity index (χ4v) is 4.67. The molecule has 30 heavy (non-hydrogen) atoms. The van der Waals surface area contributed by atoms with E-state index in [-0.39, 0.29) is 18.4 Å². The molecule has 2 aromatic rings. The summed E-state index contributed by atoms with van der Waals surface area (Å²) in [6.45, 7) is 4.03. The number of carbonyl (C=O) groups is 2. The predicted octanol–water partition coefficient (Wildman–Crippen LogP) is 3.77. The van der Waals surface area contributed by atoms with E-state index in [1.807, 2.05) is 36.2 Å². The Morgan fingerprint density at radius 1 is 0.867 bits per heavy atom. The Kier molecular flexibility index (Phi) is 6.48. The summed E-state index contributed by atoms with van der Waals surface area (Å²) in [7, 11) is 1.87. The number of rotatable bonds is 6. The van der Waals surface area contributed by atoms with Gasteiger partial charge in [0.05, 0.1) is 12.1 Å². The van der Waals surface area contributed by atoms with E-state index in [1.165, 1.54) is 23.3 Å². The molecule has 5 heteroatoms. The summed E-state index contributed by atoms with van der Waals surface area (Å²) in [4.78, 5) is 31.4. The van der Waals surface area contributed by atoms with Gasteiger partial charge in [-0.25, -0.2) is 0 Å². The lowest BCUT2D eigenvalue weighted by Crippen LogP contribution is -2.40. The van der Waals surface area contributed by atoms with Crippen LogP contribution < -0.4 is 4.90 Å². The van der Waals surface area contributed by atoms with Crippen LogP contribution in [0.15, 0.2) is 54.6 Å². The molecule has 0 saturated carbocycles. The highest BCUT2D eigenvalue weighted by Gasteiger charge is 2.30. The normalized spacial score (nSPS) is 18.4. The van der Waals surface area contributed by atoms with Gasteiger partial charge in [0.1, 0.15) is 0 Å². The van der Waals surface area contributed by atoms with Crippen molar-refractivity contribution in [1.82, 2.24) is 9.80 Å². The summed E-state index contributed by atoms with van der Waals surface area (Å²) < 4.78 is 0. The fraction of sp³-hybridized carbons (Fsp3) is 0.440. The topological polar surface area (TPSA) is 43.9 Å². The number of anilines is 1. The molecule has 5 nitrogen and oxygen atoms in total. The monoisotopic (exact) mass is 405 g/mol. The first-order chi connectivity index (χ1) is 14.6. The van der Waals surface area contributed by atoms with E-state index in [0.29, 0.717) is 18.0 Å². The molecule has 2 aliphatic rings. The van der Waals surface area contributed by atoms with Gasteiger partial charge < -0.3 is 9.80 Å². The lowest BCUT2D eigenvalue weighted by molar-refractivity contribution is -0.127. The lowest BCUT2D eigenvalue weighted by atomic mass is 9.89. The average Bonchev–Trinajstić information content (AvgIpc) is 2.87. The van der Waals surface area contributed by atoms with Crippen LogP contribution in [0.25, 0.3) is 0 Å². The minimum atomic E-state index is -0.163. The number of hydrogen-bond donors (Lipinski definition) is 0. The molecule has 0 N–H and O–H groups in total. The molecule has 0 bridgehead atoms. The second kappa shape index (κ2) is 9.43. The number of amides is 2. The quantitative estimate of drug-likeness (QED) is 0.542. The van der Waals surface area contributed by atoms with Crippen molar-refractivity contribution < 1.29 is 9.59 Å². The number of unbranched alkanes of at least 4 members (excludes halogenated alkanes) is 1. The number of imide groups is 1. The Morgan fingerprint density at radius 3 is 2.30 bits per heavy atom. The number of hydrogen-bond acceptors (Lipinski definition) is 4. The maximum atomic E-state index is 12.9. The molecular weight excluding hydrogens is 374 g/mol. The molecular formula is C25H31N3O2. The Bertz CT molecular complexity index is 875. The second-order valence-corrected chi connectivity index (χ2v) is 8.46. The van der Waals surface area contributed by atoms with Crippen molar-refractivity contribution >= 4 is 17.5 Å². The van der Waals surface area contributed by atoms with Crippen molar-refractivity contribution in [2.45, 2.75) is 31.6 Å². The number of likely N-dealkylation sites (tertiary alicyclic amines) is 1. The first-order valence-corrected chi connectivity index (χ1v) is 11.1. The smallest absolute Gasteiger partial charge is 0.262 e. The molecule has 0 unspecified atom stereocenters. The molecule has 2 amide bonds. The molecule has 0 aromatic heterocycles. The third kappa shape index (κ3) is 4.57. The predicted molar refractivity (Wildman–Crippen MR) is 120 cm³/mol. The third-order valence-electron chi connectivity index (χ3n) is 6.43. The van der Waals surface area contributed by atoms with Crippen LogP contribution in [0, 0.1) is 0 Å². The Labute approximate surface area is 179 Å². The van der Waals surface area contributed by atoms with Gasteiger partial charge in [-0.1, -0.05) is 42.5 Å². The number of fused-ring (bicyclic) bond motifs is 1. The molecule has 158 valence electrons. The van der Waals surface area contributed by atoms with Gasteiger partial charge in [-0.3, -0.25) is 14.5 Å². The van der Waals surface area contributed by atoms with Gasteiger partial charge in [-0.2, -0.15) is 0 Å². The van der Waals surface area contributed by atoms with Gasteiger partial charge in [0.25, 0.3) is 5.91 Å². The summed E-state index contributed by atoms with van der Waals surface area (Å²) in [5.74, 6) is 0.401. The number of benzene rings is 2. The zero-order valence-electron chi connectivity index (χ0n) is 17.8. The maximum Gasteiger partial charge on any atom is 0.262 e. The number of piperidine rings is 1. The highest BCUT2D eigenvalue weighted by molar-refractivity contribution is 6.10. The van der Waals surface area contributed by atoms with Crippen molar-refractivity contribution in [2.24, 2.45) is 0 Å². The lowest BCUT2D eigenvalue weighted by Gasteiger charge is -2.32. The van der Waals surface area contributed by atoms with Crippen molar-refractivity contribution in [2.75, 3.05) is 44.7 Å². The maximum absolute atomic E-state index is 12.9. The summed E-state index contributed by atoms with van der Waals surface area (Å²) in [5, 5.41) is 0. The van der Waals surface area contributed by atoms with E-state index in [2.05, 4.69) is 35.2 Å². The van der Waals surface area contributed by atoms with Crippen molar-refractivity contribution in [1.29, 1.82) is 0 Å². The van der Waals surface area contributed by atoms with E-state index in [9.17, 15) is 9.59 Å². The van der Waals surface area contributed by atoms with E-state index in [0.717, 1.165) is 38.2 Å². The molecule has 0 spiro atoms. The van der Waals surface area contributed by atoms with E-state index >= 15 is 0 Å². The van der Waals surface area contributed by atoms with Crippen LogP contribution in [-0.2, 0) is 4.79 Å². The molecule has 2 aromatic carbocycles. The van der Waals surface area contributed by atoms with Gasteiger partial charge in [0, 0.05) is 19.3 Å². The van der Waals surface area contributed by atoms with Crippen LogP contribution in [0.1, 0.15) is 47.5 Å². The molecule has 0 atom stereocenters. The number of carbonyl (C=O) groups excluding carboxylic acids is 2. The molecule has 0 radical (unpaired) electrons.